The van der Waals surface area contributed by atoms with E-state index in [4.69, 9.17) is 16.3 Å². The van der Waals surface area contributed by atoms with Gasteiger partial charge in [0, 0.05) is 11.1 Å². The monoisotopic (exact) mass is 367 g/mol. The van der Waals surface area contributed by atoms with Crippen LogP contribution in [0.25, 0.3) is 0 Å². The molecule has 1 atom stereocenters. The van der Waals surface area contributed by atoms with Crippen molar-refractivity contribution in [2.45, 2.75) is 24.8 Å². The summed E-state index contributed by atoms with van der Waals surface area (Å²) < 4.78 is 32.6. The summed E-state index contributed by atoms with van der Waals surface area (Å²) in [6.45, 7) is 3.61. The number of esters is 1. The van der Waals surface area contributed by atoms with Gasteiger partial charge >= 0.3 is 5.97 Å². The summed E-state index contributed by atoms with van der Waals surface area (Å²) in [5, 5.41) is 0.480. The molecule has 0 heterocycles. The summed E-state index contributed by atoms with van der Waals surface area (Å²) in [5.74, 6) is -0.561. The van der Waals surface area contributed by atoms with Crippen LogP contribution in [0, 0.1) is 0 Å². The Kier molecular flexibility index (Phi) is 5.99. The fourth-order valence-electron chi connectivity index (χ4n) is 2.20. The van der Waals surface area contributed by atoms with E-state index in [2.05, 4.69) is 4.72 Å². The zero-order valence-electron chi connectivity index (χ0n) is 13.3. The molecular formula is C17H18ClNO4S. The van der Waals surface area contributed by atoms with Crippen LogP contribution in [0.1, 0.15) is 35.8 Å². The van der Waals surface area contributed by atoms with Crippen LogP contribution in [-0.4, -0.2) is 21.0 Å². The van der Waals surface area contributed by atoms with Crippen molar-refractivity contribution in [2.24, 2.45) is 0 Å². The molecule has 0 radical (unpaired) electrons. The van der Waals surface area contributed by atoms with Gasteiger partial charge in [-0.15, -0.1) is 0 Å². The second-order valence-corrected chi connectivity index (χ2v) is 7.23. The van der Waals surface area contributed by atoms with Crippen molar-refractivity contribution in [3.63, 3.8) is 0 Å². The molecule has 0 aliphatic rings. The van der Waals surface area contributed by atoms with Crippen LogP contribution in [-0.2, 0) is 14.8 Å². The summed E-state index contributed by atoms with van der Waals surface area (Å²) in [5.41, 5.74) is 0.856. The maximum absolute atomic E-state index is 12.6. The Morgan fingerprint density at radius 1 is 1.21 bits per heavy atom. The van der Waals surface area contributed by atoms with Gasteiger partial charge in [0.15, 0.2) is 0 Å². The Hall–Kier alpha value is -1.89. The number of halogens is 1. The first-order valence-electron chi connectivity index (χ1n) is 7.39. The molecular weight excluding hydrogens is 350 g/mol. The summed E-state index contributed by atoms with van der Waals surface area (Å²) in [6, 6.07) is 12.2. The number of hydrogen-bond donors (Lipinski definition) is 1. The molecule has 2 rings (SSSR count). The number of carbonyl (C=O) groups is 1. The summed E-state index contributed by atoms with van der Waals surface area (Å²) in [6.07, 6.45) is 0. The molecule has 128 valence electrons. The summed E-state index contributed by atoms with van der Waals surface area (Å²) in [4.78, 5) is 11.7. The Morgan fingerprint density at radius 2 is 1.92 bits per heavy atom. The molecule has 0 aliphatic heterocycles. The fraction of sp³-hybridized carbons (Fsp3) is 0.235. The predicted molar refractivity (Wildman–Crippen MR) is 92.6 cm³/mol. The Balaban J connectivity index is 2.26. The van der Waals surface area contributed by atoms with Crippen LogP contribution in [0.15, 0.2) is 53.4 Å². The Morgan fingerprint density at radius 3 is 2.58 bits per heavy atom. The van der Waals surface area contributed by atoms with E-state index in [1.165, 1.54) is 24.3 Å². The Labute approximate surface area is 146 Å². The first kappa shape index (κ1) is 18.4. The van der Waals surface area contributed by atoms with E-state index in [0.717, 1.165) is 0 Å². The molecule has 0 aliphatic carbocycles. The molecule has 0 aromatic heterocycles. The number of nitrogens with one attached hydrogen (secondary N) is 1. The molecule has 2 aromatic rings. The highest BCUT2D eigenvalue weighted by atomic mass is 35.5. The first-order valence-corrected chi connectivity index (χ1v) is 9.25. The fourth-order valence-corrected chi connectivity index (χ4v) is 3.76. The molecule has 0 saturated heterocycles. The lowest BCUT2D eigenvalue weighted by Crippen LogP contribution is -2.27. The van der Waals surface area contributed by atoms with Crippen LogP contribution < -0.4 is 4.72 Å². The van der Waals surface area contributed by atoms with E-state index in [-0.39, 0.29) is 17.1 Å². The van der Waals surface area contributed by atoms with Gasteiger partial charge in [0.1, 0.15) is 0 Å². The quantitative estimate of drug-likeness (QED) is 0.792. The van der Waals surface area contributed by atoms with Gasteiger partial charge in [-0.2, -0.15) is 0 Å². The van der Waals surface area contributed by atoms with Crippen molar-refractivity contribution < 1.29 is 17.9 Å². The molecule has 24 heavy (non-hydrogen) atoms. The lowest BCUT2D eigenvalue weighted by atomic mass is 10.1. The maximum atomic E-state index is 12.6. The number of carbonyl (C=O) groups excluding carboxylic acids is 1. The predicted octanol–water partition coefficient (Wildman–Crippen LogP) is 3.56. The van der Waals surface area contributed by atoms with Gasteiger partial charge in [-0.3, -0.25) is 0 Å². The maximum Gasteiger partial charge on any atom is 0.338 e. The van der Waals surface area contributed by atoms with Crippen LogP contribution in [0.4, 0.5) is 0 Å². The highest BCUT2D eigenvalue weighted by molar-refractivity contribution is 7.89. The molecule has 0 bridgehead atoms. The topological polar surface area (TPSA) is 72.5 Å². The van der Waals surface area contributed by atoms with Crippen molar-refractivity contribution in [3.8, 4) is 0 Å². The third kappa shape index (κ3) is 4.35. The standard InChI is InChI=1S/C17H18ClNO4S/c1-3-23-17(20)13-7-6-8-14(11-13)24(21,22)19-12(2)15-9-4-5-10-16(15)18/h4-12,19H,3H2,1-2H3. The van der Waals surface area contributed by atoms with Gasteiger partial charge in [0.25, 0.3) is 0 Å². The number of ether oxygens (including phenoxy) is 1. The third-order valence-electron chi connectivity index (χ3n) is 3.36. The van der Waals surface area contributed by atoms with Crippen LogP contribution in [0.5, 0.6) is 0 Å². The van der Waals surface area contributed by atoms with Crippen LogP contribution in [0.2, 0.25) is 5.02 Å². The van der Waals surface area contributed by atoms with Gasteiger partial charge in [-0.1, -0.05) is 35.9 Å². The normalized spacial score (nSPS) is 12.6. The smallest absolute Gasteiger partial charge is 0.338 e. The molecule has 7 heteroatoms. The van der Waals surface area contributed by atoms with Crippen LogP contribution in [0.3, 0.4) is 0 Å². The van der Waals surface area contributed by atoms with E-state index >= 15 is 0 Å². The lowest BCUT2D eigenvalue weighted by molar-refractivity contribution is 0.0526. The minimum absolute atomic E-state index is 0.00745. The van der Waals surface area contributed by atoms with Crippen molar-refractivity contribution in [2.75, 3.05) is 6.61 Å². The molecule has 0 amide bonds. The average Bonchev–Trinajstić information content (AvgIpc) is 2.55. The minimum atomic E-state index is -3.81. The molecule has 5 nitrogen and oxygen atoms in total. The van der Waals surface area contributed by atoms with E-state index in [1.807, 2.05) is 0 Å². The molecule has 1 N–H and O–H groups in total. The highest BCUT2D eigenvalue weighted by Crippen LogP contribution is 2.24. The van der Waals surface area contributed by atoms with E-state index in [9.17, 15) is 13.2 Å². The molecule has 0 spiro atoms. The molecule has 2 aromatic carbocycles. The average molecular weight is 368 g/mol. The van der Waals surface area contributed by atoms with E-state index < -0.39 is 22.0 Å². The van der Waals surface area contributed by atoms with Crippen molar-refractivity contribution in [3.05, 3.63) is 64.7 Å². The van der Waals surface area contributed by atoms with Crippen molar-refractivity contribution >= 4 is 27.6 Å². The number of rotatable bonds is 6. The zero-order chi connectivity index (χ0) is 17.7. The molecule has 0 saturated carbocycles. The Bertz CT molecular complexity index is 836. The molecule has 1 unspecified atom stereocenters. The highest BCUT2D eigenvalue weighted by Gasteiger charge is 2.21. The van der Waals surface area contributed by atoms with E-state index in [1.54, 1.807) is 38.1 Å². The van der Waals surface area contributed by atoms with Gasteiger partial charge in [0.05, 0.1) is 17.1 Å². The summed E-state index contributed by atoms with van der Waals surface area (Å²) >= 11 is 6.10. The van der Waals surface area contributed by atoms with Gasteiger partial charge < -0.3 is 4.74 Å². The summed E-state index contributed by atoms with van der Waals surface area (Å²) in [7, 11) is -3.81. The SMILES string of the molecule is CCOC(=O)c1cccc(S(=O)(=O)NC(C)c2ccccc2Cl)c1. The van der Waals surface area contributed by atoms with Gasteiger partial charge in [0.2, 0.25) is 10.0 Å². The van der Waals surface area contributed by atoms with E-state index in [0.29, 0.717) is 10.6 Å². The minimum Gasteiger partial charge on any atom is -0.462 e. The third-order valence-corrected chi connectivity index (χ3v) is 5.24. The second-order valence-electron chi connectivity index (χ2n) is 5.11. The number of benzene rings is 2. The number of sulfonamides is 1. The largest absolute Gasteiger partial charge is 0.462 e. The van der Waals surface area contributed by atoms with Gasteiger partial charge in [-0.25, -0.2) is 17.9 Å². The van der Waals surface area contributed by atoms with Crippen molar-refractivity contribution in [1.29, 1.82) is 0 Å². The zero-order valence-corrected chi connectivity index (χ0v) is 14.9. The number of hydrogen-bond acceptors (Lipinski definition) is 4. The molecule has 0 fully saturated rings. The second kappa shape index (κ2) is 7.79. The van der Waals surface area contributed by atoms with Crippen LogP contribution >= 0.6 is 11.6 Å². The lowest BCUT2D eigenvalue weighted by Gasteiger charge is -2.16. The van der Waals surface area contributed by atoms with Gasteiger partial charge in [-0.05, 0) is 43.7 Å². The first-order chi connectivity index (χ1) is 11.3. The van der Waals surface area contributed by atoms with Crippen molar-refractivity contribution in [1.82, 2.24) is 4.72 Å².